The van der Waals surface area contributed by atoms with Crippen molar-refractivity contribution in [3.63, 3.8) is 0 Å². The molecule has 0 heterocycles. The molecule has 0 aliphatic carbocycles. The maximum atomic E-state index is 6.50. The summed E-state index contributed by atoms with van der Waals surface area (Å²) < 4.78 is 0. The fourth-order valence-corrected chi connectivity index (χ4v) is 1.02. The lowest BCUT2D eigenvalue weighted by Crippen LogP contribution is -1.85. The Morgan fingerprint density at radius 1 is 1.29 bits per heavy atom. The van der Waals surface area contributed by atoms with Gasteiger partial charge in [0.15, 0.2) is 0 Å². The van der Waals surface area contributed by atoms with Gasteiger partial charge in [0, 0.05) is 5.71 Å². The number of nitrogens with one attached hydrogen (secondary N) is 1. The monoisotopic (exact) mass is 189 g/mol. The van der Waals surface area contributed by atoms with E-state index in [1.165, 1.54) is 17.5 Å². The molecule has 0 radical (unpaired) electrons. The Kier molecular flexibility index (Phi) is 6.49. The summed E-state index contributed by atoms with van der Waals surface area (Å²) in [6, 6.07) is 9.91. The molecule has 0 aromatic heterocycles. The van der Waals surface area contributed by atoms with Crippen molar-refractivity contribution < 1.29 is 0 Å². The van der Waals surface area contributed by atoms with Crippen LogP contribution in [0, 0.1) is 24.5 Å². The van der Waals surface area contributed by atoms with E-state index in [4.69, 9.17) is 5.41 Å². The molecule has 1 rings (SSSR count). The van der Waals surface area contributed by atoms with E-state index in [1.807, 2.05) is 12.1 Å². The quantitative estimate of drug-likeness (QED) is 0.687. The Hall–Kier alpha value is -1.29. The Bertz CT molecular complexity index is 272. The Balaban J connectivity index is 0.000000364. The second-order valence-corrected chi connectivity index (χ2v) is 3.54. The van der Waals surface area contributed by atoms with Crippen LogP contribution in [0.1, 0.15) is 38.3 Å². The van der Waals surface area contributed by atoms with Gasteiger partial charge in [-0.15, -0.1) is 0 Å². The molecule has 0 saturated carbocycles. The molecule has 0 atom stereocenters. The van der Waals surface area contributed by atoms with Crippen LogP contribution in [-0.2, 0) is 6.42 Å². The van der Waals surface area contributed by atoms with E-state index in [2.05, 4.69) is 26.0 Å². The van der Waals surface area contributed by atoms with Crippen molar-refractivity contribution in [2.75, 3.05) is 0 Å². The van der Waals surface area contributed by atoms with Gasteiger partial charge in [-0.1, -0.05) is 25.5 Å². The molecule has 0 bridgehead atoms. The molecule has 76 valence electrons. The Morgan fingerprint density at radius 3 is 2.21 bits per heavy atom. The van der Waals surface area contributed by atoms with E-state index in [-0.39, 0.29) is 0 Å². The highest BCUT2D eigenvalue weighted by Gasteiger charge is 1.92. The summed E-state index contributed by atoms with van der Waals surface area (Å²) in [5.41, 5.74) is 3.40. The summed E-state index contributed by atoms with van der Waals surface area (Å²) in [6.07, 6.45) is 2.37. The first kappa shape index (κ1) is 12.7. The van der Waals surface area contributed by atoms with Gasteiger partial charge in [0.25, 0.3) is 0 Å². The van der Waals surface area contributed by atoms with E-state index in [1.54, 1.807) is 13.8 Å². The third-order valence-electron chi connectivity index (χ3n) is 1.64. The predicted molar refractivity (Wildman–Crippen MR) is 61.9 cm³/mol. The Labute approximate surface area is 87.7 Å². The number of rotatable bonds is 2. The number of hydrogen-bond donors (Lipinski definition) is 1. The largest absolute Gasteiger partial charge is 0.310 e. The minimum atomic E-state index is 0.667. The molecule has 1 nitrogen and oxygen atoms in total. The van der Waals surface area contributed by atoms with Gasteiger partial charge in [0.1, 0.15) is 0 Å². The SMILES string of the molecule is CC(C)=N.CCCc1cc#ccc1C. The standard InChI is InChI=1S/C10H12.C3H7N/c1-3-6-10-8-5-4-7-9(10)2;1-3(2)4/h7-8H,3,6H2,1-2H3;4H,1-2H3. The highest BCUT2D eigenvalue weighted by Crippen LogP contribution is 2.05. The maximum absolute atomic E-state index is 6.50. The average Bonchev–Trinajstić information content (AvgIpc) is 2.08. The van der Waals surface area contributed by atoms with Crippen molar-refractivity contribution in [2.45, 2.75) is 40.5 Å². The Morgan fingerprint density at radius 2 is 1.79 bits per heavy atom. The van der Waals surface area contributed by atoms with Gasteiger partial charge in [-0.25, -0.2) is 0 Å². The molecule has 1 aromatic rings. The first-order chi connectivity index (χ1) is 6.57. The molecule has 0 unspecified atom stereocenters. The van der Waals surface area contributed by atoms with Crippen molar-refractivity contribution in [3.05, 3.63) is 35.4 Å². The smallest absolute Gasteiger partial charge is 0.00272 e. The van der Waals surface area contributed by atoms with Crippen molar-refractivity contribution in [1.29, 1.82) is 5.41 Å². The van der Waals surface area contributed by atoms with E-state index in [0.717, 1.165) is 6.42 Å². The van der Waals surface area contributed by atoms with Crippen LogP contribution in [0.3, 0.4) is 0 Å². The zero-order valence-electron chi connectivity index (χ0n) is 9.57. The summed E-state index contributed by atoms with van der Waals surface area (Å²) >= 11 is 0. The van der Waals surface area contributed by atoms with Crippen LogP contribution in [0.4, 0.5) is 0 Å². The average molecular weight is 189 g/mol. The van der Waals surface area contributed by atoms with Gasteiger partial charge in [-0.2, -0.15) is 0 Å². The molecule has 0 saturated heterocycles. The second-order valence-electron chi connectivity index (χ2n) is 3.54. The highest BCUT2D eigenvalue weighted by molar-refractivity contribution is 5.75. The van der Waals surface area contributed by atoms with Crippen LogP contribution in [0.2, 0.25) is 0 Å². The van der Waals surface area contributed by atoms with Gasteiger partial charge in [0.05, 0.1) is 0 Å². The lowest BCUT2D eigenvalue weighted by molar-refractivity contribution is 0.913. The molecule has 0 fully saturated rings. The summed E-state index contributed by atoms with van der Waals surface area (Å²) in [5, 5.41) is 6.50. The van der Waals surface area contributed by atoms with Gasteiger partial charge >= 0.3 is 0 Å². The van der Waals surface area contributed by atoms with E-state index in [9.17, 15) is 0 Å². The van der Waals surface area contributed by atoms with E-state index < -0.39 is 0 Å². The molecule has 1 N–H and O–H groups in total. The summed E-state index contributed by atoms with van der Waals surface area (Å²) in [7, 11) is 0. The number of aryl methyl sites for hydroxylation is 2. The van der Waals surface area contributed by atoms with Crippen molar-refractivity contribution in [3.8, 4) is 0 Å². The zero-order chi connectivity index (χ0) is 11.0. The van der Waals surface area contributed by atoms with Crippen molar-refractivity contribution >= 4 is 5.71 Å². The fourth-order valence-electron chi connectivity index (χ4n) is 1.02. The van der Waals surface area contributed by atoms with Gasteiger partial charge in [0.2, 0.25) is 0 Å². The minimum absolute atomic E-state index is 0.667. The molecule has 1 aromatic carbocycles. The molecular formula is C13H19N. The van der Waals surface area contributed by atoms with Crippen molar-refractivity contribution in [2.24, 2.45) is 0 Å². The van der Waals surface area contributed by atoms with Crippen LogP contribution >= 0.6 is 0 Å². The minimum Gasteiger partial charge on any atom is -0.310 e. The van der Waals surface area contributed by atoms with Crippen LogP contribution in [0.5, 0.6) is 0 Å². The van der Waals surface area contributed by atoms with Crippen LogP contribution in [-0.4, -0.2) is 5.71 Å². The lowest BCUT2D eigenvalue weighted by atomic mass is 10.1. The van der Waals surface area contributed by atoms with Crippen molar-refractivity contribution in [1.82, 2.24) is 0 Å². The van der Waals surface area contributed by atoms with Crippen LogP contribution in [0.15, 0.2) is 12.1 Å². The highest BCUT2D eigenvalue weighted by atomic mass is 14.3. The normalized spacial score (nSPS) is 8.29. The molecular weight excluding hydrogens is 170 g/mol. The third kappa shape index (κ3) is 6.25. The molecule has 0 spiro atoms. The predicted octanol–water partition coefficient (Wildman–Crippen LogP) is 3.59. The molecule has 0 amide bonds. The lowest BCUT2D eigenvalue weighted by Gasteiger charge is -1.98. The van der Waals surface area contributed by atoms with Crippen LogP contribution in [0.25, 0.3) is 0 Å². The molecule has 14 heavy (non-hydrogen) atoms. The molecule has 0 aliphatic heterocycles. The summed E-state index contributed by atoms with van der Waals surface area (Å²) in [4.78, 5) is 0. The molecule has 0 aliphatic rings. The number of hydrogen-bond acceptors (Lipinski definition) is 1. The van der Waals surface area contributed by atoms with E-state index in [0.29, 0.717) is 5.71 Å². The van der Waals surface area contributed by atoms with Gasteiger partial charge in [-0.05, 0) is 50.5 Å². The maximum Gasteiger partial charge on any atom is 0.00272 e. The van der Waals surface area contributed by atoms with Gasteiger partial charge < -0.3 is 5.41 Å². The van der Waals surface area contributed by atoms with E-state index >= 15 is 0 Å². The van der Waals surface area contributed by atoms with Crippen LogP contribution < -0.4 is 0 Å². The third-order valence-corrected chi connectivity index (χ3v) is 1.64. The first-order valence-electron chi connectivity index (χ1n) is 4.97. The topological polar surface area (TPSA) is 23.9 Å². The molecule has 1 heteroatoms. The van der Waals surface area contributed by atoms with Gasteiger partial charge in [-0.3, -0.25) is 0 Å². The fraction of sp³-hybridized carbons (Fsp3) is 0.462. The first-order valence-corrected chi connectivity index (χ1v) is 4.97. The second kappa shape index (κ2) is 7.15. The zero-order valence-corrected chi connectivity index (χ0v) is 9.57. The summed E-state index contributed by atoms with van der Waals surface area (Å²) in [5.74, 6) is 0. The summed E-state index contributed by atoms with van der Waals surface area (Å²) in [6.45, 7) is 7.81.